The van der Waals surface area contributed by atoms with Crippen molar-refractivity contribution in [3.8, 4) is 22.1 Å². The van der Waals surface area contributed by atoms with Gasteiger partial charge in [0.25, 0.3) is 0 Å². The Morgan fingerprint density at radius 2 is 1.97 bits per heavy atom. The molecule has 0 bridgehead atoms. The molecule has 11 heteroatoms. The summed E-state index contributed by atoms with van der Waals surface area (Å²) in [6.45, 7) is 4.12. The Balaban J connectivity index is 1.19. The van der Waals surface area contributed by atoms with E-state index in [9.17, 15) is 9.59 Å². The molecule has 3 aromatic heterocycles. The maximum absolute atomic E-state index is 12.7. The van der Waals surface area contributed by atoms with Crippen LogP contribution < -0.4 is 10.1 Å². The van der Waals surface area contributed by atoms with Gasteiger partial charge in [-0.3, -0.25) is 10.3 Å². The van der Waals surface area contributed by atoms with E-state index in [1.807, 2.05) is 13.0 Å². The first-order valence-electron chi connectivity index (χ1n) is 11.1. The second-order valence-corrected chi connectivity index (χ2v) is 9.24. The molecule has 2 saturated heterocycles. The summed E-state index contributed by atoms with van der Waals surface area (Å²) < 4.78 is 11.3. The van der Waals surface area contributed by atoms with Gasteiger partial charge in [0.1, 0.15) is 17.3 Å². The molecule has 0 aromatic carbocycles. The lowest BCUT2D eigenvalue weighted by atomic mass is 10.1. The molecule has 0 saturated carbocycles. The quantitative estimate of drug-likeness (QED) is 0.584. The Hall–Kier alpha value is -3.57. The van der Waals surface area contributed by atoms with Crippen molar-refractivity contribution in [3.63, 3.8) is 0 Å². The fourth-order valence-corrected chi connectivity index (χ4v) is 4.74. The summed E-state index contributed by atoms with van der Waals surface area (Å²) >= 11 is 1.56. The minimum absolute atomic E-state index is 0.127. The van der Waals surface area contributed by atoms with Gasteiger partial charge >= 0.3 is 12.1 Å². The number of thiazole rings is 1. The van der Waals surface area contributed by atoms with Gasteiger partial charge in [-0.05, 0) is 38.0 Å². The maximum Gasteiger partial charge on any atom is 0.331 e. The van der Waals surface area contributed by atoms with E-state index < -0.39 is 6.03 Å². The van der Waals surface area contributed by atoms with Gasteiger partial charge in [0.15, 0.2) is 0 Å². The smallest absolute Gasteiger partial charge is 0.331 e. The first kappa shape index (κ1) is 22.2. The Morgan fingerprint density at radius 1 is 1.12 bits per heavy atom. The molecule has 2 aliphatic heterocycles. The maximum atomic E-state index is 12.7. The molecule has 0 unspecified atom stereocenters. The van der Waals surface area contributed by atoms with Crippen molar-refractivity contribution >= 4 is 29.2 Å². The second kappa shape index (κ2) is 9.74. The number of urea groups is 2. The van der Waals surface area contributed by atoms with Crippen LogP contribution in [0.25, 0.3) is 10.6 Å². The average Bonchev–Trinajstić information content (AvgIpc) is 3.47. The van der Waals surface area contributed by atoms with Gasteiger partial charge in [0.2, 0.25) is 0 Å². The molecule has 5 rings (SSSR count). The van der Waals surface area contributed by atoms with Crippen molar-refractivity contribution < 1.29 is 19.1 Å². The molecule has 10 nitrogen and oxygen atoms in total. The van der Waals surface area contributed by atoms with Crippen molar-refractivity contribution in [1.29, 1.82) is 0 Å². The zero-order chi connectivity index (χ0) is 23.5. The van der Waals surface area contributed by atoms with Crippen LogP contribution in [0.5, 0.6) is 11.5 Å². The summed E-state index contributed by atoms with van der Waals surface area (Å²) in [6.07, 6.45) is 6.59. The Morgan fingerprint density at radius 3 is 2.71 bits per heavy atom. The number of carbonyl (C=O) groups excluding carboxylic acids is 2. The van der Waals surface area contributed by atoms with Crippen LogP contribution in [0.2, 0.25) is 0 Å². The molecule has 34 heavy (non-hydrogen) atoms. The molecule has 0 atom stereocenters. The highest BCUT2D eigenvalue weighted by molar-refractivity contribution is 7.15. The van der Waals surface area contributed by atoms with Crippen LogP contribution in [-0.4, -0.2) is 69.2 Å². The summed E-state index contributed by atoms with van der Waals surface area (Å²) in [6, 6.07) is 6.32. The number of nitrogens with one attached hydrogen (secondary N) is 1. The van der Waals surface area contributed by atoms with E-state index in [4.69, 9.17) is 9.47 Å². The molecule has 0 aliphatic carbocycles. The zero-order valence-corrected chi connectivity index (χ0v) is 19.5. The number of rotatable bonds is 5. The summed E-state index contributed by atoms with van der Waals surface area (Å²) in [5.74, 6) is 1.47. The highest BCUT2D eigenvalue weighted by atomic mass is 32.1. The average molecular weight is 481 g/mol. The molecule has 2 aliphatic rings. The first-order valence-corrected chi connectivity index (χ1v) is 11.9. The Bertz CT molecular complexity index is 1180. The van der Waals surface area contributed by atoms with Crippen molar-refractivity contribution in [1.82, 2.24) is 24.8 Å². The van der Waals surface area contributed by atoms with Crippen LogP contribution in [0.3, 0.4) is 0 Å². The van der Waals surface area contributed by atoms with Crippen molar-refractivity contribution in [3.05, 3.63) is 47.9 Å². The standard InChI is InChI=1S/C23H24N6O4S/c1-15-25-14-20(34-15)19-12-17(4-7-24-19)33-18-2-3-21(26-13-18)27-22(30)29-9-8-28(23(29)31)16-5-10-32-11-6-16/h2-4,7,12-14,16H,5-6,8-11H2,1H3,(H,26,27,30). The number of ether oxygens (including phenoxy) is 2. The number of aryl methyl sites for hydroxylation is 1. The van der Waals surface area contributed by atoms with Crippen molar-refractivity contribution in [2.45, 2.75) is 25.8 Å². The molecule has 2 fully saturated rings. The van der Waals surface area contributed by atoms with Crippen LogP contribution in [0.1, 0.15) is 17.8 Å². The van der Waals surface area contributed by atoms with E-state index in [0.717, 1.165) is 28.4 Å². The molecule has 0 spiro atoms. The third kappa shape index (κ3) is 4.85. The predicted molar refractivity (Wildman–Crippen MR) is 126 cm³/mol. The minimum atomic E-state index is -0.487. The van der Waals surface area contributed by atoms with Gasteiger partial charge in [-0.15, -0.1) is 11.3 Å². The first-order chi connectivity index (χ1) is 16.6. The molecule has 0 radical (unpaired) electrons. The lowest BCUT2D eigenvalue weighted by Crippen LogP contribution is -2.44. The number of aromatic nitrogens is 3. The zero-order valence-electron chi connectivity index (χ0n) is 18.6. The number of imide groups is 1. The fourth-order valence-electron chi connectivity index (χ4n) is 3.99. The van der Waals surface area contributed by atoms with E-state index in [1.54, 1.807) is 46.8 Å². The number of amides is 4. The normalized spacial score (nSPS) is 16.7. The van der Waals surface area contributed by atoms with Gasteiger partial charge in [-0.2, -0.15) is 0 Å². The number of hydrogen-bond donors (Lipinski definition) is 1. The van der Waals surface area contributed by atoms with Gasteiger partial charge < -0.3 is 14.4 Å². The van der Waals surface area contributed by atoms with E-state index in [0.29, 0.717) is 43.6 Å². The number of pyridine rings is 2. The highest BCUT2D eigenvalue weighted by Crippen LogP contribution is 2.29. The van der Waals surface area contributed by atoms with Gasteiger partial charge in [0.05, 0.1) is 21.8 Å². The SMILES string of the molecule is Cc1ncc(-c2cc(Oc3ccc(NC(=O)N4CCN(C5CCOCC5)C4=O)nc3)ccn2)s1. The number of anilines is 1. The van der Waals surface area contributed by atoms with E-state index in [2.05, 4.69) is 20.3 Å². The third-order valence-corrected chi connectivity index (χ3v) is 6.67. The lowest BCUT2D eigenvalue weighted by molar-refractivity contribution is 0.0510. The van der Waals surface area contributed by atoms with Crippen LogP contribution in [0.4, 0.5) is 15.4 Å². The van der Waals surface area contributed by atoms with Crippen molar-refractivity contribution in [2.24, 2.45) is 0 Å². The molecule has 3 aromatic rings. The van der Waals surface area contributed by atoms with Crippen molar-refractivity contribution in [2.75, 3.05) is 31.6 Å². The largest absolute Gasteiger partial charge is 0.456 e. The van der Waals surface area contributed by atoms with Crippen LogP contribution in [0, 0.1) is 6.92 Å². The van der Waals surface area contributed by atoms with Gasteiger partial charge in [0, 0.05) is 50.8 Å². The van der Waals surface area contributed by atoms with E-state index in [1.165, 1.54) is 11.1 Å². The molecular weight excluding hydrogens is 456 g/mol. The highest BCUT2D eigenvalue weighted by Gasteiger charge is 2.37. The van der Waals surface area contributed by atoms with Crippen LogP contribution in [-0.2, 0) is 4.74 Å². The van der Waals surface area contributed by atoms with E-state index >= 15 is 0 Å². The molecular formula is C23H24N6O4S. The summed E-state index contributed by atoms with van der Waals surface area (Å²) in [4.78, 5) is 42.2. The van der Waals surface area contributed by atoms with Gasteiger partial charge in [-0.25, -0.2) is 24.5 Å². The third-order valence-electron chi connectivity index (χ3n) is 5.73. The van der Waals surface area contributed by atoms with E-state index in [-0.39, 0.29) is 12.1 Å². The Kier molecular flexibility index (Phi) is 6.37. The Labute approximate surface area is 200 Å². The number of hydrogen-bond acceptors (Lipinski definition) is 8. The monoisotopic (exact) mass is 480 g/mol. The number of nitrogens with zero attached hydrogens (tertiary/aromatic N) is 5. The topological polar surface area (TPSA) is 110 Å². The summed E-state index contributed by atoms with van der Waals surface area (Å²) in [7, 11) is 0. The van der Waals surface area contributed by atoms with Crippen LogP contribution >= 0.6 is 11.3 Å². The lowest BCUT2D eigenvalue weighted by Gasteiger charge is -2.30. The fraction of sp³-hybridized carbons (Fsp3) is 0.348. The van der Waals surface area contributed by atoms with Crippen LogP contribution in [0.15, 0.2) is 42.9 Å². The second-order valence-electron chi connectivity index (χ2n) is 8.00. The predicted octanol–water partition coefficient (Wildman–Crippen LogP) is 4.15. The molecule has 176 valence electrons. The molecule has 1 N–H and O–H groups in total. The molecule has 4 amide bonds. The molecule has 5 heterocycles. The summed E-state index contributed by atoms with van der Waals surface area (Å²) in [5, 5.41) is 3.66. The summed E-state index contributed by atoms with van der Waals surface area (Å²) in [5.41, 5.74) is 0.782. The minimum Gasteiger partial charge on any atom is -0.456 e. The van der Waals surface area contributed by atoms with Gasteiger partial charge in [-0.1, -0.05) is 0 Å². The number of carbonyl (C=O) groups is 2.